The summed E-state index contributed by atoms with van der Waals surface area (Å²) in [5.41, 5.74) is 2.27. The average molecular weight is 217 g/mol. The molecule has 1 amide bonds. The lowest BCUT2D eigenvalue weighted by Gasteiger charge is -2.04. The second-order valence-corrected chi connectivity index (χ2v) is 4.38. The van der Waals surface area contributed by atoms with E-state index in [-0.39, 0.29) is 5.91 Å². The summed E-state index contributed by atoms with van der Waals surface area (Å²) in [4.78, 5) is 11.4. The van der Waals surface area contributed by atoms with Crippen molar-refractivity contribution in [1.82, 2.24) is 5.32 Å². The van der Waals surface area contributed by atoms with E-state index in [1.54, 1.807) is 6.08 Å². The molecule has 1 rings (SSSR count). The van der Waals surface area contributed by atoms with Gasteiger partial charge in [0, 0.05) is 12.6 Å². The lowest BCUT2D eigenvalue weighted by molar-refractivity contribution is -0.116. The van der Waals surface area contributed by atoms with E-state index >= 15 is 0 Å². The van der Waals surface area contributed by atoms with Crippen LogP contribution in [0.4, 0.5) is 0 Å². The van der Waals surface area contributed by atoms with Crippen molar-refractivity contribution in [3.63, 3.8) is 0 Å². The first-order valence-corrected chi connectivity index (χ1v) is 5.60. The normalized spacial score (nSPS) is 11.0. The maximum absolute atomic E-state index is 11.4. The van der Waals surface area contributed by atoms with Gasteiger partial charge in [0.25, 0.3) is 0 Å². The monoisotopic (exact) mass is 217 g/mol. The first-order valence-electron chi connectivity index (χ1n) is 5.60. The minimum Gasteiger partial charge on any atom is -0.352 e. The maximum atomic E-state index is 11.4. The van der Waals surface area contributed by atoms with Gasteiger partial charge in [0.15, 0.2) is 0 Å². The summed E-state index contributed by atoms with van der Waals surface area (Å²) in [6.07, 6.45) is 3.40. The highest BCUT2D eigenvalue weighted by atomic mass is 16.1. The van der Waals surface area contributed by atoms with Crippen molar-refractivity contribution in [2.45, 2.75) is 20.8 Å². The number of amides is 1. The number of rotatable bonds is 4. The topological polar surface area (TPSA) is 29.1 Å². The van der Waals surface area contributed by atoms with E-state index in [4.69, 9.17) is 0 Å². The lowest BCUT2D eigenvalue weighted by Crippen LogP contribution is -2.25. The molecule has 1 aromatic carbocycles. The molecule has 86 valence electrons. The Morgan fingerprint density at radius 3 is 2.50 bits per heavy atom. The molecule has 0 fully saturated rings. The van der Waals surface area contributed by atoms with E-state index in [1.807, 2.05) is 37.3 Å². The Bertz CT molecular complexity index is 363. The van der Waals surface area contributed by atoms with E-state index in [9.17, 15) is 4.79 Å². The third kappa shape index (κ3) is 4.78. The molecule has 2 heteroatoms. The Balaban J connectivity index is 2.47. The number of carbonyl (C=O) groups is 1. The van der Waals surface area contributed by atoms with Gasteiger partial charge in [-0.25, -0.2) is 0 Å². The van der Waals surface area contributed by atoms with Crippen molar-refractivity contribution in [2.75, 3.05) is 6.54 Å². The fraction of sp³-hybridized carbons (Fsp3) is 0.357. The zero-order valence-corrected chi connectivity index (χ0v) is 10.2. The summed E-state index contributed by atoms with van der Waals surface area (Å²) in [6, 6.07) is 8.07. The Hall–Kier alpha value is -1.57. The molecule has 0 saturated heterocycles. The summed E-state index contributed by atoms with van der Waals surface area (Å²) in [5.74, 6) is 0.450. The van der Waals surface area contributed by atoms with Crippen molar-refractivity contribution in [3.05, 3.63) is 41.5 Å². The molecule has 16 heavy (non-hydrogen) atoms. The van der Waals surface area contributed by atoms with Crippen molar-refractivity contribution in [2.24, 2.45) is 5.92 Å². The fourth-order valence-corrected chi connectivity index (χ4v) is 1.21. The first kappa shape index (κ1) is 12.5. The molecule has 0 aliphatic heterocycles. The standard InChI is InChI=1S/C14H19NO/c1-11(2)10-15-14(16)9-8-13-6-4-12(3)5-7-13/h4-9,11H,10H2,1-3H3,(H,15,16)/b9-8+. The summed E-state index contributed by atoms with van der Waals surface area (Å²) >= 11 is 0. The third-order valence-corrected chi connectivity index (χ3v) is 2.19. The first-order chi connectivity index (χ1) is 7.58. The Labute approximate surface area is 97.4 Å². The quantitative estimate of drug-likeness (QED) is 0.772. The number of aryl methyl sites for hydroxylation is 1. The van der Waals surface area contributed by atoms with Crippen molar-refractivity contribution >= 4 is 12.0 Å². The van der Waals surface area contributed by atoms with Gasteiger partial charge in [0.05, 0.1) is 0 Å². The third-order valence-electron chi connectivity index (χ3n) is 2.19. The minimum absolute atomic E-state index is 0.0331. The molecule has 0 atom stereocenters. The molecule has 0 aliphatic rings. The number of carbonyl (C=O) groups excluding carboxylic acids is 1. The molecule has 0 heterocycles. The molecule has 0 aromatic heterocycles. The van der Waals surface area contributed by atoms with E-state index in [0.29, 0.717) is 5.92 Å². The van der Waals surface area contributed by atoms with Crippen molar-refractivity contribution < 1.29 is 4.79 Å². The Morgan fingerprint density at radius 1 is 1.31 bits per heavy atom. The lowest BCUT2D eigenvalue weighted by atomic mass is 10.1. The van der Waals surface area contributed by atoms with Crippen molar-refractivity contribution in [1.29, 1.82) is 0 Å². The van der Waals surface area contributed by atoms with Crippen LogP contribution in [0.5, 0.6) is 0 Å². The van der Waals surface area contributed by atoms with Gasteiger partial charge in [-0.1, -0.05) is 43.7 Å². The highest BCUT2D eigenvalue weighted by molar-refractivity contribution is 5.91. The summed E-state index contributed by atoms with van der Waals surface area (Å²) in [5, 5.41) is 2.84. The van der Waals surface area contributed by atoms with Crippen LogP contribution in [0.3, 0.4) is 0 Å². The van der Waals surface area contributed by atoms with Gasteiger partial charge in [-0.3, -0.25) is 4.79 Å². The van der Waals surface area contributed by atoms with Crippen LogP contribution in [0.25, 0.3) is 6.08 Å². The zero-order valence-electron chi connectivity index (χ0n) is 10.2. The number of nitrogens with one attached hydrogen (secondary N) is 1. The molecule has 2 nitrogen and oxygen atoms in total. The van der Waals surface area contributed by atoms with Crippen LogP contribution in [0.15, 0.2) is 30.3 Å². The predicted molar refractivity (Wildman–Crippen MR) is 68.1 cm³/mol. The van der Waals surface area contributed by atoms with Crippen LogP contribution in [0.1, 0.15) is 25.0 Å². The van der Waals surface area contributed by atoms with Gasteiger partial charge in [0.1, 0.15) is 0 Å². The van der Waals surface area contributed by atoms with Gasteiger partial charge in [-0.15, -0.1) is 0 Å². The second kappa shape index (κ2) is 6.11. The van der Waals surface area contributed by atoms with Gasteiger partial charge in [0.2, 0.25) is 5.91 Å². The molecular weight excluding hydrogens is 198 g/mol. The molecule has 1 aromatic rings. The molecular formula is C14H19NO. The minimum atomic E-state index is -0.0331. The smallest absolute Gasteiger partial charge is 0.244 e. The predicted octanol–water partition coefficient (Wildman–Crippen LogP) is 2.78. The van der Waals surface area contributed by atoms with Crippen LogP contribution in [-0.4, -0.2) is 12.5 Å². The maximum Gasteiger partial charge on any atom is 0.244 e. The highest BCUT2D eigenvalue weighted by Crippen LogP contribution is 2.04. The number of benzene rings is 1. The molecule has 0 radical (unpaired) electrons. The number of hydrogen-bond acceptors (Lipinski definition) is 1. The van der Waals surface area contributed by atoms with Crippen LogP contribution in [-0.2, 0) is 4.79 Å². The van der Waals surface area contributed by atoms with Gasteiger partial charge >= 0.3 is 0 Å². The second-order valence-electron chi connectivity index (χ2n) is 4.38. The molecule has 0 aliphatic carbocycles. The van der Waals surface area contributed by atoms with E-state index in [1.165, 1.54) is 5.56 Å². The van der Waals surface area contributed by atoms with Gasteiger partial charge < -0.3 is 5.32 Å². The van der Waals surface area contributed by atoms with Crippen LogP contribution in [0, 0.1) is 12.8 Å². The zero-order chi connectivity index (χ0) is 12.0. The molecule has 0 saturated carbocycles. The van der Waals surface area contributed by atoms with E-state index in [2.05, 4.69) is 19.2 Å². The van der Waals surface area contributed by atoms with E-state index in [0.717, 1.165) is 12.1 Å². The molecule has 0 spiro atoms. The number of hydrogen-bond donors (Lipinski definition) is 1. The molecule has 0 bridgehead atoms. The van der Waals surface area contributed by atoms with Gasteiger partial charge in [-0.2, -0.15) is 0 Å². The van der Waals surface area contributed by atoms with Crippen molar-refractivity contribution in [3.8, 4) is 0 Å². The van der Waals surface area contributed by atoms with Crippen LogP contribution < -0.4 is 5.32 Å². The Morgan fingerprint density at radius 2 is 1.94 bits per heavy atom. The van der Waals surface area contributed by atoms with Crippen LogP contribution in [0.2, 0.25) is 0 Å². The summed E-state index contributed by atoms with van der Waals surface area (Å²) in [6.45, 7) is 6.91. The fourth-order valence-electron chi connectivity index (χ4n) is 1.21. The summed E-state index contributed by atoms with van der Waals surface area (Å²) < 4.78 is 0. The molecule has 1 N–H and O–H groups in total. The Kier molecular flexibility index (Phi) is 4.77. The highest BCUT2D eigenvalue weighted by Gasteiger charge is 1.97. The SMILES string of the molecule is Cc1ccc(/C=C/C(=O)NCC(C)C)cc1. The van der Waals surface area contributed by atoms with Crippen LogP contribution >= 0.6 is 0 Å². The average Bonchev–Trinajstić information content (AvgIpc) is 2.25. The van der Waals surface area contributed by atoms with E-state index < -0.39 is 0 Å². The summed E-state index contributed by atoms with van der Waals surface area (Å²) in [7, 11) is 0. The van der Waals surface area contributed by atoms with Gasteiger partial charge in [-0.05, 0) is 24.5 Å². The largest absolute Gasteiger partial charge is 0.352 e. The molecule has 0 unspecified atom stereocenters.